The van der Waals surface area contributed by atoms with Crippen LogP contribution in [0.2, 0.25) is 10.0 Å². The second-order valence-electron chi connectivity index (χ2n) is 18.4. The van der Waals surface area contributed by atoms with Crippen LogP contribution in [-0.4, -0.2) is 156 Å². The van der Waals surface area contributed by atoms with E-state index in [1.807, 2.05) is 26.0 Å². The number of pyridine rings is 2. The van der Waals surface area contributed by atoms with Gasteiger partial charge in [-0.2, -0.15) is 0 Å². The molecule has 6 amide bonds. The second kappa shape index (κ2) is 23.2. The Labute approximate surface area is 413 Å². The zero-order chi connectivity index (χ0) is 49.4. The van der Waals surface area contributed by atoms with Crippen LogP contribution in [0, 0.1) is 0 Å². The summed E-state index contributed by atoms with van der Waals surface area (Å²) in [5.74, 6) is -0.658. The smallest absolute Gasteiger partial charge is 0.409 e. The molecule has 4 aliphatic rings. The largest absolute Gasteiger partial charge is 0.449 e. The highest BCUT2D eigenvalue weighted by Crippen LogP contribution is 2.35. The van der Waals surface area contributed by atoms with Gasteiger partial charge in [-0.25, -0.2) is 9.59 Å². The number of hydrogen-bond donors (Lipinski definition) is 1. The Kier molecular flexibility index (Phi) is 17.2. The first-order valence-electron chi connectivity index (χ1n) is 24.3. The third-order valence-electron chi connectivity index (χ3n) is 13.4. The lowest BCUT2D eigenvalue weighted by atomic mass is 9.94. The Morgan fingerprint density at radius 2 is 1.09 bits per heavy atom. The standard InChI is InChI=1S/C26H33ClN4O4.C25H31ClN4O4/c1-4-13-35-26(34)30-11-12-31(18(16-30)15-23(32)29(2)3)25(33)17-9-10-20-22(14-17)28-21-8-6-5-7-19(21)24(20)27;1-3-12-34-25(33)29-10-11-30(17(15-29)14-22(31)27-2)24(32)16-8-9-19-21(13-16)28-20-7-5-4-6-18(20)23(19)26/h9-10,14,18H,4-8,11-13,15-16H2,1-3H3;8-9,13,17H,3-7,10-12,14-15H2,1-2H3,(H,27,31). The third-order valence-corrected chi connectivity index (χ3v) is 14.2. The number of rotatable bonds is 10. The van der Waals surface area contributed by atoms with E-state index >= 15 is 0 Å². The minimum Gasteiger partial charge on any atom is -0.449 e. The van der Waals surface area contributed by atoms with Crippen LogP contribution in [0.5, 0.6) is 0 Å². The zero-order valence-electron chi connectivity index (χ0n) is 40.4. The van der Waals surface area contributed by atoms with E-state index in [4.69, 9.17) is 42.6 Å². The van der Waals surface area contributed by atoms with Gasteiger partial charge in [-0.1, -0.05) is 49.2 Å². The summed E-state index contributed by atoms with van der Waals surface area (Å²) >= 11 is 13.4. The molecule has 69 heavy (non-hydrogen) atoms. The summed E-state index contributed by atoms with van der Waals surface area (Å²) in [4.78, 5) is 94.4. The molecular weight excluding hydrogens is 924 g/mol. The summed E-state index contributed by atoms with van der Waals surface area (Å²) in [5.41, 5.74) is 6.70. The molecule has 16 nitrogen and oxygen atoms in total. The van der Waals surface area contributed by atoms with Crippen LogP contribution < -0.4 is 5.32 Å². The highest BCUT2D eigenvalue weighted by atomic mass is 35.5. The van der Waals surface area contributed by atoms with Gasteiger partial charge in [0, 0.05) is 107 Å². The van der Waals surface area contributed by atoms with Crippen molar-refractivity contribution >= 4 is 80.8 Å². The molecule has 0 saturated carbocycles. The number of halogens is 2. The van der Waals surface area contributed by atoms with Crippen LogP contribution in [0.25, 0.3) is 21.8 Å². The van der Waals surface area contributed by atoms with E-state index in [0.717, 1.165) is 108 Å². The quantitative estimate of drug-likeness (QED) is 0.168. The molecule has 0 spiro atoms. The topological polar surface area (TPSA) is 175 Å². The predicted molar refractivity (Wildman–Crippen MR) is 265 cm³/mol. The molecule has 2 atom stereocenters. The number of carbonyl (C=O) groups is 6. The molecule has 2 unspecified atom stereocenters. The third kappa shape index (κ3) is 11.8. The van der Waals surface area contributed by atoms with Gasteiger partial charge >= 0.3 is 12.2 Å². The zero-order valence-corrected chi connectivity index (χ0v) is 41.9. The summed E-state index contributed by atoms with van der Waals surface area (Å²) in [7, 11) is 4.93. The van der Waals surface area contributed by atoms with Crippen molar-refractivity contribution in [3.63, 3.8) is 0 Å². The fraction of sp³-hybridized carbons (Fsp3) is 0.529. The summed E-state index contributed by atoms with van der Waals surface area (Å²) in [5, 5.41) is 5.78. The first-order valence-corrected chi connectivity index (χ1v) is 25.1. The van der Waals surface area contributed by atoms with Crippen LogP contribution in [0.1, 0.15) is 108 Å². The molecular formula is C51H64Cl2N8O8. The Balaban J connectivity index is 0.000000204. The van der Waals surface area contributed by atoms with Crippen molar-refractivity contribution in [2.75, 3.05) is 73.6 Å². The number of aromatic nitrogens is 2. The van der Waals surface area contributed by atoms with Gasteiger partial charge in [-0.05, 0) is 99.6 Å². The maximum absolute atomic E-state index is 13.6. The molecule has 0 bridgehead atoms. The van der Waals surface area contributed by atoms with Gasteiger partial charge in [0.1, 0.15) is 0 Å². The molecule has 4 heterocycles. The number of nitrogens with one attached hydrogen (secondary N) is 1. The summed E-state index contributed by atoms with van der Waals surface area (Å²) in [6.07, 6.45) is 8.94. The number of piperazine rings is 2. The SMILES string of the molecule is CCCOC(=O)N1CCN(C(=O)c2ccc3c(Cl)c4c(nc3c2)CCCC4)C(CC(=O)N(C)C)C1.CCCOC(=O)N1CCN(C(=O)c2ccc3c(Cl)c4c(nc3c2)CCCC4)C(CC(=O)NC)C1. The number of fused-ring (bicyclic) bond motifs is 4. The maximum Gasteiger partial charge on any atom is 0.409 e. The number of benzene rings is 2. The Bertz CT molecular complexity index is 2590. The monoisotopic (exact) mass is 986 g/mol. The molecule has 8 rings (SSSR count). The van der Waals surface area contributed by atoms with E-state index in [1.165, 1.54) is 4.90 Å². The molecule has 4 aromatic rings. The van der Waals surface area contributed by atoms with Crippen LogP contribution in [0.4, 0.5) is 9.59 Å². The Morgan fingerprint density at radius 1 is 0.652 bits per heavy atom. The summed E-state index contributed by atoms with van der Waals surface area (Å²) in [6, 6.07) is 9.96. The predicted octanol–water partition coefficient (Wildman–Crippen LogP) is 7.49. The number of carbonyl (C=O) groups excluding carboxylic acids is 6. The van der Waals surface area contributed by atoms with Crippen molar-refractivity contribution in [1.29, 1.82) is 0 Å². The molecule has 18 heteroatoms. The lowest BCUT2D eigenvalue weighted by molar-refractivity contribution is -0.130. The summed E-state index contributed by atoms with van der Waals surface area (Å²) in [6.45, 7) is 6.38. The first kappa shape index (κ1) is 51.1. The van der Waals surface area contributed by atoms with Gasteiger partial charge < -0.3 is 39.3 Å². The lowest BCUT2D eigenvalue weighted by Crippen LogP contribution is -2.57. The van der Waals surface area contributed by atoms with E-state index in [-0.39, 0.29) is 49.6 Å². The molecule has 2 fully saturated rings. The van der Waals surface area contributed by atoms with Gasteiger partial charge in [0.2, 0.25) is 11.8 Å². The molecule has 2 saturated heterocycles. The number of amides is 6. The first-order chi connectivity index (χ1) is 33.2. The van der Waals surface area contributed by atoms with Crippen molar-refractivity contribution in [2.24, 2.45) is 0 Å². The lowest BCUT2D eigenvalue weighted by Gasteiger charge is -2.41. The van der Waals surface area contributed by atoms with Crippen molar-refractivity contribution in [3.8, 4) is 0 Å². The molecule has 2 aliphatic carbocycles. The van der Waals surface area contributed by atoms with Crippen LogP contribution in [-0.2, 0) is 44.7 Å². The van der Waals surface area contributed by atoms with Crippen LogP contribution in [0.15, 0.2) is 36.4 Å². The highest BCUT2D eigenvalue weighted by Gasteiger charge is 2.37. The Hall–Kier alpha value is -5.74. The number of ether oxygens (including phenoxy) is 2. The van der Waals surface area contributed by atoms with Gasteiger partial charge in [0.25, 0.3) is 11.8 Å². The minimum absolute atomic E-state index is 0.102. The highest BCUT2D eigenvalue weighted by molar-refractivity contribution is 6.36. The minimum atomic E-state index is -0.453. The average molecular weight is 988 g/mol. The molecule has 2 aromatic heterocycles. The number of aryl methyl sites for hydroxylation is 2. The van der Waals surface area contributed by atoms with Crippen molar-refractivity contribution in [3.05, 3.63) is 80.1 Å². The van der Waals surface area contributed by atoms with Crippen LogP contribution >= 0.6 is 23.2 Å². The van der Waals surface area contributed by atoms with Crippen molar-refractivity contribution < 1.29 is 38.2 Å². The second-order valence-corrected chi connectivity index (χ2v) is 19.1. The molecule has 2 aromatic carbocycles. The van der Waals surface area contributed by atoms with Gasteiger partial charge in [0.05, 0.1) is 46.4 Å². The molecule has 2 aliphatic heterocycles. The van der Waals surface area contributed by atoms with Gasteiger partial charge in [-0.3, -0.25) is 29.1 Å². The number of hydrogen-bond acceptors (Lipinski definition) is 10. The average Bonchev–Trinajstić information content (AvgIpc) is 3.36. The van der Waals surface area contributed by atoms with E-state index < -0.39 is 24.3 Å². The maximum atomic E-state index is 13.6. The molecule has 0 radical (unpaired) electrons. The van der Waals surface area contributed by atoms with Crippen LogP contribution in [0.3, 0.4) is 0 Å². The molecule has 1 N–H and O–H groups in total. The normalized spacial score (nSPS) is 17.8. The Morgan fingerprint density at radius 3 is 1.51 bits per heavy atom. The van der Waals surface area contributed by atoms with E-state index in [9.17, 15) is 28.8 Å². The van der Waals surface area contributed by atoms with Crippen molar-refractivity contribution in [1.82, 2.24) is 39.8 Å². The molecule has 370 valence electrons. The summed E-state index contributed by atoms with van der Waals surface area (Å²) < 4.78 is 10.5. The van der Waals surface area contributed by atoms with Gasteiger partial charge in [-0.15, -0.1) is 0 Å². The van der Waals surface area contributed by atoms with Gasteiger partial charge in [0.15, 0.2) is 0 Å². The fourth-order valence-corrected chi connectivity index (χ4v) is 10.2. The number of nitrogens with zero attached hydrogens (tertiary/aromatic N) is 7. The fourth-order valence-electron chi connectivity index (χ4n) is 9.52. The van der Waals surface area contributed by atoms with E-state index in [0.29, 0.717) is 61.6 Å². The van der Waals surface area contributed by atoms with E-state index in [1.54, 1.807) is 65.0 Å². The van der Waals surface area contributed by atoms with E-state index in [2.05, 4.69) is 5.32 Å². The van der Waals surface area contributed by atoms with Crippen molar-refractivity contribution in [2.45, 2.75) is 103 Å².